The molecule has 4 saturated carbocycles. The SMILES string of the molecule is CCCCC(C)(C)C12CC3CC(CC(O)(C3)C1)C2. The highest BCUT2D eigenvalue weighted by Gasteiger charge is 2.61. The van der Waals surface area contributed by atoms with Gasteiger partial charge in [0.1, 0.15) is 0 Å². The van der Waals surface area contributed by atoms with E-state index in [9.17, 15) is 5.11 Å². The van der Waals surface area contributed by atoms with Gasteiger partial charge in [0.05, 0.1) is 5.60 Å². The summed E-state index contributed by atoms with van der Waals surface area (Å²) in [6.07, 6.45) is 11.5. The standard InChI is InChI=1S/C17H30O/c1-4-5-6-15(2,3)16-8-13-7-14(9-16)11-17(18,10-13)12-16/h13-14,18H,4-12H2,1-3H3. The monoisotopic (exact) mass is 250 g/mol. The van der Waals surface area contributed by atoms with E-state index in [2.05, 4.69) is 20.8 Å². The highest BCUT2D eigenvalue weighted by molar-refractivity contribution is 5.12. The molecule has 0 aromatic rings. The van der Waals surface area contributed by atoms with E-state index in [0.717, 1.165) is 31.1 Å². The number of hydrogen-bond donors (Lipinski definition) is 1. The van der Waals surface area contributed by atoms with Crippen LogP contribution < -0.4 is 0 Å². The minimum Gasteiger partial charge on any atom is -0.390 e. The zero-order valence-corrected chi connectivity index (χ0v) is 12.5. The number of aliphatic hydroxyl groups is 1. The molecule has 1 heteroatoms. The Bertz CT molecular complexity index is 317. The van der Waals surface area contributed by atoms with Crippen LogP contribution in [0.25, 0.3) is 0 Å². The highest BCUT2D eigenvalue weighted by atomic mass is 16.3. The molecule has 2 unspecified atom stereocenters. The van der Waals surface area contributed by atoms with Gasteiger partial charge in [-0.15, -0.1) is 0 Å². The fraction of sp³-hybridized carbons (Fsp3) is 1.00. The molecule has 1 nitrogen and oxygen atoms in total. The van der Waals surface area contributed by atoms with Crippen molar-refractivity contribution in [3.8, 4) is 0 Å². The van der Waals surface area contributed by atoms with Crippen molar-refractivity contribution in [3.05, 3.63) is 0 Å². The Morgan fingerprint density at radius 1 is 1.11 bits per heavy atom. The summed E-state index contributed by atoms with van der Waals surface area (Å²) in [6, 6.07) is 0. The summed E-state index contributed by atoms with van der Waals surface area (Å²) in [5.74, 6) is 1.66. The number of rotatable bonds is 4. The molecule has 4 aliphatic carbocycles. The quantitative estimate of drug-likeness (QED) is 0.777. The summed E-state index contributed by atoms with van der Waals surface area (Å²) >= 11 is 0. The van der Waals surface area contributed by atoms with Crippen molar-refractivity contribution in [1.82, 2.24) is 0 Å². The van der Waals surface area contributed by atoms with E-state index in [-0.39, 0.29) is 5.60 Å². The zero-order chi connectivity index (χ0) is 13.0. The van der Waals surface area contributed by atoms with Gasteiger partial charge in [0.25, 0.3) is 0 Å². The fourth-order valence-corrected chi connectivity index (χ4v) is 5.89. The van der Waals surface area contributed by atoms with E-state index in [0.29, 0.717) is 10.8 Å². The van der Waals surface area contributed by atoms with Gasteiger partial charge in [-0.25, -0.2) is 0 Å². The van der Waals surface area contributed by atoms with Crippen LogP contribution in [0.15, 0.2) is 0 Å². The molecule has 0 amide bonds. The van der Waals surface area contributed by atoms with Gasteiger partial charge < -0.3 is 5.11 Å². The van der Waals surface area contributed by atoms with Crippen molar-refractivity contribution in [3.63, 3.8) is 0 Å². The van der Waals surface area contributed by atoms with Crippen LogP contribution in [0.5, 0.6) is 0 Å². The van der Waals surface area contributed by atoms with Crippen molar-refractivity contribution in [2.24, 2.45) is 22.7 Å². The molecule has 0 spiro atoms. The Morgan fingerprint density at radius 3 is 2.22 bits per heavy atom. The first-order valence-corrected chi connectivity index (χ1v) is 8.11. The molecular formula is C17H30O. The Hall–Kier alpha value is -0.0400. The lowest BCUT2D eigenvalue weighted by Gasteiger charge is -2.65. The van der Waals surface area contributed by atoms with E-state index >= 15 is 0 Å². The van der Waals surface area contributed by atoms with Gasteiger partial charge in [-0.05, 0) is 67.6 Å². The Morgan fingerprint density at radius 2 is 1.72 bits per heavy atom. The van der Waals surface area contributed by atoms with Crippen molar-refractivity contribution < 1.29 is 5.11 Å². The van der Waals surface area contributed by atoms with Crippen LogP contribution in [0.1, 0.15) is 78.6 Å². The summed E-state index contributed by atoms with van der Waals surface area (Å²) in [6.45, 7) is 7.27. The maximum absolute atomic E-state index is 10.9. The van der Waals surface area contributed by atoms with Crippen molar-refractivity contribution in [2.45, 2.75) is 84.2 Å². The van der Waals surface area contributed by atoms with E-state index in [4.69, 9.17) is 0 Å². The molecule has 0 heterocycles. The maximum atomic E-state index is 10.9. The molecule has 4 rings (SSSR count). The van der Waals surface area contributed by atoms with Crippen LogP contribution in [0.4, 0.5) is 0 Å². The summed E-state index contributed by atoms with van der Waals surface area (Å²) in [5, 5.41) is 10.9. The summed E-state index contributed by atoms with van der Waals surface area (Å²) in [7, 11) is 0. The Labute approximate surface area is 112 Å². The summed E-state index contributed by atoms with van der Waals surface area (Å²) in [5.41, 5.74) is 0.601. The van der Waals surface area contributed by atoms with Gasteiger partial charge in [-0.3, -0.25) is 0 Å². The fourth-order valence-electron chi connectivity index (χ4n) is 5.89. The maximum Gasteiger partial charge on any atom is 0.0658 e. The molecule has 0 aromatic heterocycles. The highest BCUT2D eigenvalue weighted by Crippen LogP contribution is 2.67. The third-order valence-electron chi connectivity index (χ3n) is 6.62. The Balaban J connectivity index is 1.86. The van der Waals surface area contributed by atoms with Gasteiger partial charge in [-0.1, -0.05) is 33.6 Å². The van der Waals surface area contributed by atoms with Gasteiger partial charge >= 0.3 is 0 Å². The largest absolute Gasteiger partial charge is 0.390 e. The molecule has 4 fully saturated rings. The lowest BCUT2D eigenvalue weighted by Crippen LogP contribution is -2.59. The summed E-state index contributed by atoms with van der Waals surface area (Å²) < 4.78 is 0. The van der Waals surface area contributed by atoms with Gasteiger partial charge in [-0.2, -0.15) is 0 Å². The second kappa shape index (κ2) is 3.98. The van der Waals surface area contributed by atoms with Crippen molar-refractivity contribution >= 4 is 0 Å². The van der Waals surface area contributed by atoms with Crippen LogP contribution in [0.3, 0.4) is 0 Å². The van der Waals surface area contributed by atoms with Crippen LogP contribution in [0.2, 0.25) is 0 Å². The third-order valence-corrected chi connectivity index (χ3v) is 6.62. The molecular weight excluding hydrogens is 220 g/mol. The van der Waals surface area contributed by atoms with E-state index in [1.54, 1.807) is 0 Å². The molecule has 104 valence electrons. The molecule has 4 bridgehead atoms. The molecule has 18 heavy (non-hydrogen) atoms. The first kappa shape index (κ1) is 13.0. The number of hydrogen-bond acceptors (Lipinski definition) is 1. The minimum atomic E-state index is -0.284. The van der Waals surface area contributed by atoms with Crippen LogP contribution in [-0.4, -0.2) is 10.7 Å². The van der Waals surface area contributed by atoms with Crippen LogP contribution in [-0.2, 0) is 0 Å². The minimum absolute atomic E-state index is 0.284. The molecule has 0 aliphatic heterocycles. The first-order chi connectivity index (χ1) is 8.38. The van der Waals surface area contributed by atoms with E-state index in [1.807, 2.05) is 0 Å². The first-order valence-electron chi connectivity index (χ1n) is 8.11. The molecule has 1 N–H and O–H groups in total. The van der Waals surface area contributed by atoms with Gasteiger partial charge in [0.15, 0.2) is 0 Å². The average molecular weight is 250 g/mol. The smallest absolute Gasteiger partial charge is 0.0658 e. The van der Waals surface area contributed by atoms with Gasteiger partial charge in [0, 0.05) is 0 Å². The molecule has 0 radical (unpaired) electrons. The molecule has 2 atom stereocenters. The molecule has 0 saturated heterocycles. The lowest BCUT2D eigenvalue weighted by molar-refractivity contribution is -0.200. The van der Waals surface area contributed by atoms with E-state index < -0.39 is 0 Å². The normalized spacial score (nSPS) is 46.7. The second-order valence-corrected chi connectivity index (χ2v) is 8.45. The zero-order valence-electron chi connectivity index (χ0n) is 12.5. The predicted molar refractivity (Wildman–Crippen MR) is 75.4 cm³/mol. The van der Waals surface area contributed by atoms with Crippen molar-refractivity contribution in [1.29, 1.82) is 0 Å². The topological polar surface area (TPSA) is 20.2 Å². The second-order valence-electron chi connectivity index (χ2n) is 8.45. The Kier molecular flexibility index (Phi) is 2.86. The van der Waals surface area contributed by atoms with Crippen LogP contribution >= 0.6 is 0 Å². The van der Waals surface area contributed by atoms with Crippen molar-refractivity contribution in [2.75, 3.05) is 0 Å². The molecule has 4 aliphatic rings. The lowest BCUT2D eigenvalue weighted by atomic mass is 9.41. The third kappa shape index (κ3) is 1.85. The predicted octanol–water partition coefficient (Wildman–Crippen LogP) is 4.53. The summed E-state index contributed by atoms with van der Waals surface area (Å²) in [4.78, 5) is 0. The van der Waals surface area contributed by atoms with E-state index in [1.165, 1.54) is 38.5 Å². The average Bonchev–Trinajstić information content (AvgIpc) is 2.22. The number of unbranched alkanes of at least 4 members (excludes halogenated alkanes) is 1. The van der Waals surface area contributed by atoms with Crippen LogP contribution in [0, 0.1) is 22.7 Å². The van der Waals surface area contributed by atoms with Gasteiger partial charge in [0.2, 0.25) is 0 Å². The molecule has 0 aromatic carbocycles.